The molecule has 3 nitrogen and oxygen atoms in total. The SMILES string of the molecule is CCN(CC)CCOC(=O)C(C)=CCCl. The van der Waals surface area contributed by atoms with E-state index in [-0.39, 0.29) is 5.97 Å². The average molecular weight is 234 g/mol. The maximum Gasteiger partial charge on any atom is 0.333 e. The quantitative estimate of drug-likeness (QED) is 0.383. The number of halogens is 1. The predicted molar refractivity (Wildman–Crippen MR) is 63.2 cm³/mol. The van der Waals surface area contributed by atoms with E-state index in [4.69, 9.17) is 16.3 Å². The number of carbonyl (C=O) groups is 1. The minimum atomic E-state index is -0.275. The van der Waals surface area contributed by atoms with Gasteiger partial charge in [-0.15, -0.1) is 11.6 Å². The van der Waals surface area contributed by atoms with Crippen LogP contribution in [0.25, 0.3) is 0 Å². The molecule has 0 aliphatic carbocycles. The first kappa shape index (κ1) is 14.5. The van der Waals surface area contributed by atoms with Crippen LogP contribution < -0.4 is 0 Å². The topological polar surface area (TPSA) is 29.5 Å². The third kappa shape index (κ3) is 6.52. The number of likely N-dealkylation sites (N-methyl/N-ethyl adjacent to an activating group) is 1. The van der Waals surface area contributed by atoms with Gasteiger partial charge in [-0.2, -0.15) is 0 Å². The van der Waals surface area contributed by atoms with E-state index in [0.717, 1.165) is 19.6 Å². The van der Waals surface area contributed by atoms with Gasteiger partial charge in [0.2, 0.25) is 0 Å². The van der Waals surface area contributed by atoms with E-state index < -0.39 is 0 Å². The number of nitrogens with zero attached hydrogens (tertiary/aromatic N) is 1. The average Bonchev–Trinajstić information content (AvgIpc) is 2.24. The van der Waals surface area contributed by atoms with E-state index >= 15 is 0 Å². The van der Waals surface area contributed by atoms with E-state index in [2.05, 4.69) is 18.7 Å². The molecule has 0 aromatic heterocycles. The number of allylic oxidation sites excluding steroid dienone is 1. The van der Waals surface area contributed by atoms with Crippen molar-refractivity contribution in [1.29, 1.82) is 0 Å². The highest BCUT2D eigenvalue weighted by molar-refractivity contribution is 6.19. The third-order valence-corrected chi connectivity index (χ3v) is 2.39. The van der Waals surface area contributed by atoms with E-state index in [1.165, 1.54) is 0 Å². The molecule has 0 atom stereocenters. The van der Waals surface area contributed by atoms with E-state index in [1.54, 1.807) is 13.0 Å². The molecule has 0 unspecified atom stereocenters. The number of carbonyl (C=O) groups excluding carboxylic acids is 1. The molecule has 0 aromatic rings. The van der Waals surface area contributed by atoms with Gasteiger partial charge in [0.25, 0.3) is 0 Å². The Morgan fingerprint density at radius 2 is 2.00 bits per heavy atom. The maximum atomic E-state index is 11.3. The van der Waals surface area contributed by atoms with Gasteiger partial charge in [0.05, 0.1) is 0 Å². The predicted octanol–water partition coefficient (Wildman–Crippen LogP) is 2.06. The lowest BCUT2D eigenvalue weighted by atomic mass is 10.3. The summed E-state index contributed by atoms with van der Waals surface area (Å²) in [5.74, 6) is 0.0690. The summed E-state index contributed by atoms with van der Waals surface area (Å²) >= 11 is 5.48. The van der Waals surface area contributed by atoms with Crippen molar-refractivity contribution in [1.82, 2.24) is 4.90 Å². The zero-order chi connectivity index (χ0) is 11.7. The fourth-order valence-electron chi connectivity index (χ4n) is 1.12. The Bertz CT molecular complexity index is 213. The minimum absolute atomic E-state index is 0.275. The molecule has 4 heteroatoms. The zero-order valence-corrected chi connectivity index (χ0v) is 10.5. The summed E-state index contributed by atoms with van der Waals surface area (Å²) in [6.07, 6.45) is 1.65. The summed E-state index contributed by atoms with van der Waals surface area (Å²) in [7, 11) is 0. The highest BCUT2D eigenvalue weighted by atomic mass is 35.5. The molecular formula is C11H20ClNO2. The largest absolute Gasteiger partial charge is 0.461 e. The molecule has 0 fully saturated rings. The number of rotatable bonds is 7. The van der Waals surface area contributed by atoms with Crippen molar-refractivity contribution in [2.45, 2.75) is 20.8 Å². The molecule has 0 radical (unpaired) electrons. The van der Waals surface area contributed by atoms with Crippen LogP contribution in [0.5, 0.6) is 0 Å². The lowest BCUT2D eigenvalue weighted by molar-refractivity contribution is -0.139. The second-order valence-corrected chi connectivity index (χ2v) is 3.51. The molecule has 0 spiro atoms. The van der Waals surface area contributed by atoms with E-state index in [0.29, 0.717) is 18.1 Å². The van der Waals surface area contributed by atoms with Crippen molar-refractivity contribution in [3.8, 4) is 0 Å². The Hall–Kier alpha value is -0.540. The summed E-state index contributed by atoms with van der Waals surface area (Å²) in [5, 5.41) is 0. The van der Waals surface area contributed by atoms with Gasteiger partial charge in [-0.05, 0) is 20.0 Å². The second kappa shape index (κ2) is 8.74. The molecule has 0 heterocycles. The van der Waals surface area contributed by atoms with E-state index in [1.807, 2.05) is 0 Å². The first-order valence-corrected chi connectivity index (χ1v) is 5.81. The molecular weight excluding hydrogens is 214 g/mol. The van der Waals surface area contributed by atoms with E-state index in [9.17, 15) is 4.79 Å². The van der Waals surface area contributed by atoms with Gasteiger partial charge in [-0.25, -0.2) is 4.79 Å². The van der Waals surface area contributed by atoms with Gasteiger partial charge in [0.15, 0.2) is 0 Å². The molecule has 15 heavy (non-hydrogen) atoms. The molecule has 0 saturated carbocycles. The fraction of sp³-hybridized carbons (Fsp3) is 0.727. The molecule has 88 valence electrons. The number of hydrogen-bond acceptors (Lipinski definition) is 3. The highest BCUT2D eigenvalue weighted by Gasteiger charge is 2.05. The van der Waals surface area contributed by atoms with Crippen molar-refractivity contribution in [3.05, 3.63) is 11.6 Å². The summed E-state index contributed by atoms with van der Waals surface area (Å²) < 4.78 is 5.08. The van der Waals surface area contributed by atoms with Gasteiger partial charge in [-0.3, -0.25) is 0 Å². The van der Waals surface area contributed by atoms with Crippen molar-refractivity contribution in [3.63, 3.8) is 0 Å². The molecule has 0 saturated heterocycles. The van der Waals surface area contributed by atoms with Gasteiger partial charge >= 0.3 is 5.97 Å². The molecule has 0 bridgehead atoms. The molecule has 0 aliphatic heterocycles. The van der Waals surface area contributed by atoms with Crippen LogP contribution in [0.3, 0.4) is 0 Å². The molecule has 0 N–H and O–H groups in total. The van der Waals surface area contributed by atoms with Gasteiger partial charge in [-0.1, -0.05) is 19.9 Å². The number of hydrogen-bond donors (Lipinski definition) is 0. The van der Waals surface area contributed by atoms with Gasteiger partial charge in [0.1, 0.15) is 6.61 Å². The smallest absolute Gasteiger partial charge is 0.333 e. The van der Waals surface area contributed by atoms with Gasteiger partial charge < -0.3 is 9.64 Å². The first-order valence-electron chi connectivity index (χ1n) is 5.27. The minimum Gasteiger partial charge on any atom is -0.461 e. The number of ether oxygens (including phenoxy) is 1. The van der Waals surface area contributed by atoms with Crippen molar-refractivity contribution in [2.75, 3.05) is 32.1 Å². The van der Waals surface area contributed by atoms with Crippen LogP contribution in [0, 0.1) is 0 Å². The third-order valence-electron chi connectivity index (χ3n) is 2.24. The van der Waals surface area contributed by atoms with Crippen molar-refractivity contribution < 1.29 is 9.53 Å². The normalized spacial score (nSPS) is 11.9. The Kier molecular flexibility index (Phi) is 8.43. The Labute approximate surface area is 97.0 Å². The van der Waals surface area contributed by atoms with Crippen molar-refractivity contribution >= 4 is 17.6 Å². The second-order valence-electron chi connectivity index (χ2n) is 3.20. The first-order chi connectivity index (χ1) is 7.15. The van der Waals surface area contributed by atoms with Crippen LogP contribution in [0.2, 0.25) is 0 Å². The zero-order valence-electron chi connectivity index (χ0n) is 9.75. The Morgan fingerprint density at radius 1 is 1.40 bits per heavy atom. The molecule has 0 rings (SSSR count). The Morgan fingerprint density at radius 3 is 2.47 bits per heavy atom. The van der Waals surface area contributed by atoms with Crippen LogP contribution in [-0.2, 0) is 9.53 Å². The fourth-order valence-corrected chi connectivity index (χ4v) is 1.35. The lowest BCUT2D eigenvalue weighted by Crippen LogP contribution is -2.28. The van der Waals surface area contributed by atoms with Gasteiger partial charge in [0, 0.05) is 18.0 Å². The highest BCUT2D eigenvalue weighted by Crippen LogP contribution is 1.98. The monoisotopic (exact) mass is 233 g/mol. The number of esters is 1. The standard InChI is InChI=1S/C11H20ClNO2/c1-4-13(5-2)8-9-15-11(14)10(3)6-7-12/h6H,4-5,7-9H2,1-3H3. The van der Waals surface area contributed by atoms with Crippen LogP contribution in [0.15, 0.2) is 11.6 Å². The van der Waals surface area contributed by atoms with Crippen LogP contribution in [0.1, 0.15) is 20.8 Å². The summed E-state index contributed by atoms with van der Waals surface area (Å²) in [4.78, 5) is 13.5. The molecule has 0 aliphatic rings. The Balaban J connectivity index is 3.76. The lowest BCUT2D eigenvalue weighted by Gasteiger charge is -2.17. The summed E-state index contributed by atoms with van der Waals surface area (Å²) in [6, 6.07) is 0. The van der Waals surface area contributed by atoms with Crippen LogP contribution in [0.4, 0.5) is 0 Å². The molecule has 0 amide bonds. The van der Waals surface area contributed by atoms with Crippen LogP contribution in [-0.4, -0.2) is 43.0 Å². The summed E-state index contributed by atoms with van der Waals surface area (Å²) in [6.45, 7) is 9.06. The van der Waals surface area contributed by atoms with Crippen molar-refractivity contribution in [2.24, 2.45) is 0 Å². The molecule has 0 aromatic carbocycles. The van der Waals surface area contributed by atoms with Crippen LogP contribution >= 0.6 is 11.6 Å². The maximum absolute atomic E-state index is 11.3. The summed E-state index contributed by atoms with van der Waals surface area (Å²) in [5.41, 5.74) is 0.574. The number of alkyl halides is 1.